The van der Waals surface area contributed by atoms with Crippen LogP contribution in [0.15, 0.2) is 46.3 Å². The van der Waals surface area contributed by atoms with E-state index in [1.165, 1.54) is 17.7 Å². The van der Waals surface area contributed by atoms with Crippen LogP contribution in [0.5, 0.6) is 5.88 Å². The van der Waals surface area contributed by atoms with Crippen LogP contribution in [-0.2, 0) is 22.5 Å². The van der Waals surface area contributed by atoms with Gasteiger partial charge < -0.3 is 4.74 Å². The number of nitrogens with zero attached hydrogens (tertiary/aromatic N) is 6. The highest BCUT2D eigenvalue weighted by Gasteiger charge is 2.24. The zero-order chi connectivity index (χ0) is 23.8. The first-order valence-corrected chi connectivity index (χ1v) is 12.5. The van der Waals surface area contributed by atoms with Gasteiger partial charge in [-0.1, -0.05) is 19.4 Å². The van der Waals surface area contributed by atoms with Crippen LogP contribution in [-0.4, -0.2) is 44.3 Å². The molecule has 4 heterocycles. The van der Waals surface area contributed by atoms with Crippen molar-refractivity contribution >= 4 is 30.8 Å². The Balaban J connectivity index is 2.06. The molecule has 0 amide bonds. The van der Waals surface area contributed by atoms with Crippen LogP contribution in [0.25, 0.3) is 28.2 Å². The molecule has 0 saturated carbocycles. The molecule has 4 rings (SSSR count). The molecule has 0 aliphatic rings. The second-order valence-corrected chi connectivity index (χ2v) is 9.75. The van der Waals surface area contributed by atoms with Crippen LogP contribution in [0.2, 0.25) is 0 Å². The molecule has 0 aromatic carbocycles. The number of aromatic nitrogens is 6. The second kappa shape index (κ2) is 8.91. The summed E-state index contributed by atoms with van der Waals surface area (Å²) in [5.74, 6) is 0.885. The summed E-state index contributed by atoms with van der Waals surface area (Å²) in [5.41, 5.74) is 1.14. The zero-order valence-corrected chi connectivity index (χ0v) is 19.8. The van der Waals surface area contributed by atoms with E-state index < -0.39 is 14.6 Å². The highest BCUT2D eigenvalue weighted by Crippen LogP contribution is 2.31. The third kappa shape index (κ3) is 4.21. The lowest BCUT2D eigenvalue weighted by atomic mass is 10.2. The van der Waals surface area contributed by atoms with Gasteiger partial charge >= 0.3 is 0 Å². The van der Waals surface area contributed by atoms with Gasteiger partial charge in [-0.05, 0) is 31.5 Å². The number of aryl methyl sites for hydroxylation is 1. The van der Waals surface area contributed by atoms with Crippen molar-refractivity contribution in [2.75, 3.05) is 6.61 Å². The minimum absolute atomic E-state index is 0.137. The fourth-order valence-electron chi connectivity index (χ4n) is 3.49. The predicted molar refractivity (Wildman–Crippen MR) is 123 cm³/mol. The molecular formula is C21H21ClN6O4S. The highest BCUT2D eigenvalue weighted by molar-refractivity contribution is 8.13. The van der Waals surface area contributed by atoms with Gasteiger partial charge in [-0.15, -0.1) is 0 Å². The molecule has 0 atom stereocenters. The first-order valence-electron chi connectivity index (χ1n) is 10.2. The van der Waals surface area contributed by atoms with Crippen LogP contribution >= 0.6 is 10.7 Å². The summed E-state index contributed by atoms with van der Waals surface area (Å²) in [6.07, 6.45) is 4.13. The highest BCUT2D eigenvalue weighted by atomic mass is 35.7. The fourth-order valence-corrected chi connectivity index (χ4v) is 4.18. The number of rotatable bonds is 7. The Hall–Kier alpha value is -3.31. The molecule has 0 aliphatic carbocycles. The third-order valence-electron chi connectivity index (χ3n) is 4.98. The maximum atomic E-state index is 13.3. The monoisotopic (exact) mass is 488 g/mol. The summed E-state index contributed by atoms with van der Waals surface area (Å²) in [6, 6.07) is 6.72. The SMILES string of the molecule is CCCc1c2nc(-c3cc(S(=O)(=O)Cl)cnc3OCC)n(C)c(=O)c2nn1-c1ccccn1. The van der Waals surface area contributed by atoms with Gasteiger partial charge in [-0.25, -0.2) is 28.1 Å². The Labute approximate surface area is 194 Å². The normalized spacial score (nSPS) is 11.8. The van der Waals surface area contributed by atoms with Gasteiger partial charge in [0.15, 0.2) is 11.3 Å². The van der Waals surface area contributed by atoms with E-state index >= 15 is 0 Å². The standard InChI is InChI=1S/C21H21ClN6O4S/c1-4-8-15-17-18(26-28(15)16-9-6-7-10-23-16)21(29)27(3)19(25-17)14-11-13(33(22,30)31)12-24-20(14)32-5-2/h6-7,9-12H,4-5,8H2,1-3H3. The molecule has 0 bridgehead atoms. The zero-order valence-electron chi connectivity index (χ0n) is 18.2. The van der Waals surface area contributed by atoms with E-state index in [0.717, 1.165) is 18.3 Å². The van der Waals surface area contributed by atoms with E-state index in [-0.39, 0.29) is 34.3 Å². The molecule has 172 valence electrons. The molecular weight excluding hydrogens is 468 g/mol. The van der Waals surface area contributed by atoms with Crippen LogP contribution in [0.4, 0.5) is 0 Å². The molecule has 33 heavy (non-hydrogen) atoms. The van der Waals surface area contributed by atoms with Gasteiger partial charge in [-0.3, -0.25) is 9.36 Å². The number of hydrogen-bond acceptors (Lipinski definition) is 8. The number of halogens is 1. The number of fused-ring (bicyclic) bond motifs is 1. The maximum Gasteiger partial charge on any atom is 0.281 e. The van der Waals surface area contributed by atoms with E-state index in [4.69, 9.17) is 20.4 Å². The Kier molecular flexibility index (Phi) is 6.17. The molecule has 0 spiro atoms. The smallest absolute Gasteiger partial charge is 0.281 e. The van der Waals surface area contributed by atoms with Crippen molar-refractivity contribution in [3.63, 3.8) is 0 Å². The predicted octanol–water partition coefficient (Wildman–Crippen LogP) is 2.85. The summed E-state index contributed by atoms with van der Waals surface area (Å²) in [6.45, 7) is 4.06. The van der Waals surface area contributed by atoms with Crippen LogP contribution in [0.3, 0.4) is 0 Å². The maximum absolute atomic E-state index is 13.3. The summed E-state index contributed by atoms with van der Waals surface area (Å²) in [4.78, 5) is 26.3. The van der Waals surface area contributed by atoms with Gasteiger partial charge in [-0.2, -0.15) is 5.10 Å². The summed E-state index contributed by atoms with van der Waals surface area (Å²) in [5, 5.41) is 4.51. The van der Waals surface area contributed by atoms with E-state index in [1.54, 1.807) is 29.9 Å². The van der Waals surface area contributed by atoms with Gasteiger partial charge in [0.2, 0.25) is 5.88 Å². The lowest BCUT2D eigenvalue weighted by molar-refractivity contribution is 0.327. The average molecular weight is 489 g/mol. The van der Waals surface area contributed by atoms with Crippen molar-refractivity contribution in [3.8, 4) is 23.1 Å². The first-order chi connectivity index (χ1) is 15.8. The average Bonchev–Trinajstić information content (AvgIpc) is 3.15. The molecule has 4 aromatic rings. The van der Waals surface area contributed by atoms with Crippen molar-refractivity contribution in [3.05, 3.63) is 52.7 Å². The fraction of sp³-hybridized carbons (Fsp3) is 0.286. The number of hydrogen-bond donors (Lipinski definition) is 0. The van der Waals surface area contributed by atoms with E-state index in [1.807, 2.05) is 13.0 Å². The van der Waals surface area contributed by atoms with E-state index in [2.05, 4.69) is 15.1 Å². The van der Waals surface area contributed by atoms with Gasteiger partial charge in [0, 0.05) is 23.9 Å². The largest absolute Gasteiger partial charge is 0.477 e. The minimum atomic E-state index is -4.06. The number of pyridine rings is 2. The molecule has 0 unspecified atom stereocenters. The third-order valence-corrected chi connectivity index (χ3v) is 6.30. The number of ether oxygens (including phenoxy) is 1. The molecule has 12 heteroatoms. The Morgan fingerprint density at radius 3 is 2.58 bits per heavy atom. The van der Waals surface area contributed by atoms with Crippen LogP contribution in [0, 0.1) is 0 Å². The Morgan fingerprint density at radius 1 is 1.15 bits per heavy atom. The van der Waals surface area contributed by atoms with Crippen molar-refractivity contribution in [2.45, 2.75) is 31.6 Å². The summed E-state index contributed by atoms with van der Waals surface area (Å²) < 4.78 is 32.3. The summed E-state index contributed by atoms with van der Waals surface area (Å²) in [7, 11) is 3.00. The quantitative estimate of drug-likeness (QED) is 0.364. The van der Waals surface area contributed by atoms with Gasteiger partial charge in [0.1, 0.15) is 16.2 Å². The molecule has 0 aliphatic heterocycles. The second-order valence-electron chi connectivity index (χ2n) is 7.19. The summed E-state index contributed by atoms with van der Waals surface area (Å²) >= 11 is 0. The van der Waals surface area contributed by atoms with E-state index in [0.29, 0.717) is 17.8 Å². The molecule has 4 aromatic heterocycles. The van der Waals surface area contributed by atoms with Crippen LogP contribution < -0.4 is 10.3 Å². The van der Waals surface area contributed by atoms with Crippen LogP contribution in [0.1, 0.15) is 26.0 Å². The topological polar surface area (TPSA) is 122 Å². The van der Waals surface area contributed by atoms with E-state index in [9.17, 15) is 13.2 Å². The first kappa shape index (κ1) is 22.9. The van der Waals surface area contributed by atoms with Crippen molar-refractivity contribution < 1.29 is 13.2 Å². The molecule has 10 nitrogen and oxygen atoms in total. The Bertz CT molecular complexity index is 1500. The lowest BCUT2D eigenvalue weighted by Gasteiger charge is -2.13. The van der Waals surface area contributed by atoms with Gasteiger partial charge in [0.25, 0.3) is 14.6 Å². The lowest BCUT2D eigenvalue weighted by Crippen LogP contribution is -2.21. The Morgan fingerprint density at radius 2 is 1.94 bits per heavy atom. The van der Waals surface area contributed by atoms with Crippen molar-refractivity contribution in [1.82, 2.24) is 29.3 Å². The minimum Gasteiger partial charge on any atom is -0.477 e. The molecule has 0 fully saturated rings. The molecule has 0 saturated heterocycles. The van der Waals surface area contributed by atoms with Gasteiger partial charge in [0.05, 0.1) is 24.1 Å². The molecule has 0 radical (unpaired) electrons. The molecule has 0 N–H and O–H groups in total. The van der Waals surface area contributed by atoms with Crippen molar-refractivity contribution in [1.29, 1.82) is 0 Å². The van der Waals surface area contributed by atoms with Crippen molar-refractivity contribution in [2.24, 2.45) is 7.05 Å².